The lowest BCUT2D eigenvalue weighted by molar-refractivity contribution is -0.432. The first-order valence-electron chi connectivity index (χ1n) is 16.6. The van der Waals surface area contributed by atoms with E-state index in [1.807, 2.05) is 81.4 Å². The first kappa shape index (κ1) is 38.1. The maximum Gasteiger partial charge on any atom is 0.294 e. The van der Waals surface area contributed by atoms with Crippen molar-refractivity contribution < 1.29 is 32.7 Å². The van der Waals surface area contributed by atoms with Gasteiger partial charge in [0.1, 0.15) is 11.4 Å². The zero-order valence-corrected chi connectivity index (χ0v) is 31.0. The van der Waals surface area contributed by atoms with Crippen molar-refractivity contribution in [1.29, 1.82) is 0 Å². The van der Waals surface area contributed by atoms with Gasteiger partial charge in [0.2, 0.25) is 0 Å². The van der Waals surface area contributed by atoms with Gasteiger partial charge < -0.3 is 15.3 Å². The van der Waals surface area contributed by atoms with E-state index in [1.54, 1.807) is 36.4 Å². The summed E-state index contributed by atoms with van der Waals surface area (Å²) in [5, 5.41) is 45.9. The molecular weight excluding hydrogens is 729 g/mol. The van der Waals surface area contributed by atoms with Crippen LogP contribution in [-0.4, -0.2) is 29.9 Å². The summed E-state index contributed by atoms with van der Waals surface area (Å²) >= 11 is 0.741. The van der Waals surface area contributed by atoms with Gasteiger partial charge in [0.05, 0.1) is 45.1 Å². The van der Waals surface area contributed by atoms with Gasteiger partial charge in [-0.3, -0.25) is 4.55 Å². The van der Waals surface area contributed by atoms with E-state index in [-0.39, 0.29) is 10.6 Å². The Kier molecular flexibility index (Phi) is 12.0. The van der Waals surface area contributed by atoms with E-state index in [9.17, 15) is 18.1 Å². The Morgan fingerprint density at radius 3 is 2.00 bits per heavy atom. The highest BCUT2D eigenvalue weighted by Gasteiger charge is 2.16. The first-order chi connectivity index (χ1) is 26.0. The number of azo groups is 2. The van der Waals surface area contributed by atoms with Crippen LogP contribution in [0.4, 0.5) is 39.8 Å². The minimum absolute atomic E-state index is 0.0627. The minimum Gasteiger partial charge on any atom is -0.507 e. The Labute approximate surface area is 316 Å². The molecule has 0 saturated carbocycles. The van der Waals surface area contributed by atoms with Crippen LogP contribution in [0.1, 0.15) is 23.6 Å². The number of phenols is 1. The highest BCUT2D eigenvalue weighted by Crippen LogP contribution is 2.44. The Bertz CT molecular complexity index is 2420. The van der Waals surface area contributed by atoms with Crippen LogP contribution in [0.3, 0.4) is 0 Å². The van der Waals surface area contributed by atoms with Gasteiger partial charge in [0, 0.05) is 29.4 Å². The number of para-hydroxylation sites is 1. The second kappa shape index (κ2) is 17.0. The average molecular weight is 765 g/mol. The molecule has 0 unspecified atom stereocenters. The number of aryl methyl sites for hydroxylation is 2. The first-order valence-corrected chi connectivity index (χ1v) is 18.8. The molecule has 6 aromatic rings. The topological polar surface area (TPSA) is 178 Å². The van der Waals surface area contributed by atoms with Crippen LogP contribution in [-0.2, 0) is 26.0 Å². The predicted octanol–water partition coefficient (Wildman–Crippen LogP) is 11.4. The summed E-state index contributed by atoms with van der Waals surface area (Å²) in [5.74, 6) is -0.0627. The molecule has 0 aliphatic rings. The molecular formula is C39H36N6O7S2. The second-order valence-corrected chi connectivity index (χ2v) is 14.4. The fourth-order valence-corrected chi connectivity index (χ4v) is 6.80. The van der Waals surface area contributed by atoms with Gasteiger partial charge in [0.25, 0.3) is 10.1 Å². The maximum atomic E-state index is 11.6. The molecule has 276 valence electrons. The standard InChI is InChI=1S/C39H36N6O7S2/c1-4-45(24-27-9-6-10-34(21-27)54(48,49)50)32-18-16-31(17-19-32)42-41-29-12-14-30(15-13-29)43-44-39-35(40-38-25(2)7-5-8-26(38)3)20-11-28-22-33(53-52-51-47)23-36(46)37(28)39/h5-23,40,46-47H,4,24H2,1-3H3,(H,48,49,50)/b42-41+,44-43+. The normalized spacial score (nSPS) is 11.9. The van der Waals surface area contributed by atoms with E-state index in [0.29, 0.717) is 57.2 Å². The van der Waals surface area contributed by atoms with Crippen molar-refractivity contribution in [3.8, 4) is 5.75 Å². The van der Waals surface area contributed by atoms with Crippen LogP contribution < -0.4 is 10.2 Å². The number of hydrogen-bond acceptors (Lipinski definition) is 13. The lowest BCUT2D eigenvalue weighted by Crippen LogP contribution is -2.22. The summed E-state index contributed by atoms with van der Waals surface area (Å²) in [6.45, 7) is 7.14. The van der Waals surface area contributed by atoms with Crippen molar-refractivity contribution >= 4 is 72.7 Å². The Morgan fingerprint density at radius 1 is 0.778 bits per heavy atom. The molecule has 0 atom stereocenters. The van der Waals surface area contributed by atoms with E-state index in [1.165, 1.54) is 18.2 Å². The maximum absolute atomic E-state index is 11.6. The zero-order valence-electron chi connectivity index (χ0n) is 29.4. The molecule has 0 aromatic heterocycles. The van der Waals surface area contributed by atoms with Crippen molar-refractivity contribution in [3.05, 3.63) is 132 Å². The van der Waals surface area contributed by atoms with Crippen molar-refractivity contribution in [1.82, 2.24) is 0 Å². The number of nitrogens with zero attached hydrogens (tertiary/aromatic N) is 5. The quantitative estimate of drug-likeness (QED) is 0.0274. The van der Waals surface area contributed by atoms with Crippen LogP contribution in [0, 0.1) is 13.8 Å². The van der Waals surface area contributed by atoms with E-state index in [0.717, 1.165) is 40.1 Å². The summed E-state index contributed by atoms with van der Waals surface area (Å²) < 4.78 is 37.1. The van der Waals surface area contributed by atoms with E-state index >= 15 is 0 Å². The minimum atomic E-state index is -4.29. The average Bonchev–Trinajstić information content (AvgIpc) is 3.16. The third-order valence-electron chi connectivity index (χ3n) is 8.51. The monoisotopic (exact) mass is 764 g/mol. The van der Waals surface area contributed by atoms with Crippen molar-refractivity contribution in [2.45, 2.75) is 37.1 Å². The SMILES string of the molecule is CCN(Cc1cccc(S(=O)(=O)O)c1)c1ccc(/N=N/c2ccc(/N=N/c3c(Nc4c(C)cccc4C)ccc4cc(SOOO)cc(O)c34)cc2)cc1. The highest BCUT2D eigenvalue weighted by atomic mass is 32.2. The molecule has 0 radical (unpaired) electrons. The van der Waals surface area contributed by atoms with E-state index < -0.39 is 10.1 Å². The molecule has 6 aromatic carbocycles. The Balaban J connectivity index is 1.20. The molecule has 0 spiro atoms. The van der Waals surface area contributed by atoms with Crippen LogP contribution in [0.15, 0.2) is 146 Å². The number of hydrogen-bond donors (Lipinski definition) is 4. The molecule has 0 amide bonds. The Hall–Kier alpha value is -5.68. The smallest absolute Gasteiger partial charge is 0.294 e. The molecule has 0 aliphatic heterocycles. The number of anilines is 3. The van der Waals surface area contributed by atoms with Gasteiger partial charge in [-0.2, -0.15) is 23.8 Å². The number of fused-ring (bicyclic) bond motifs is 1. The fourth-order valence-electron chi connectivity index (χ4n) is 5.80. The third kappa shape index (κ3) is 9.27. The molecule has 0 saturated heterocycles. The number of rotatable bonds is 14. The van der Waals surface area contributed by atoms with Gasteiger partial charge in [-0.1, -0.05) is 41.4 Å². The largest absolute Gasteiger partial charge is 0.507 e. The van der Waals surface area contributed by atoms with Gasteiger partial charge in [0.15, 0.2) is 0 Å². The zero-order chi connectivity index (χ0) is 38.2. The summed E-state index contributed by atoms with van der Waals surface area (Å²) in [5.41, 5.74) is 7.53. The van der Waals surface area contributed by atoms with Crippen molar-refractivity contribution in [2.75, 3.05) is 16.8 Å². The van der Waals surface area contributed by atoms with E-state index in [2.05, 4.69) is 40.0 Å². The molecule has 0 aliphatic carbocycles. The number of phenolic OH excluding ortho intramolecular Hbond substituents is 1. The summed E-state index contributed by atoms with van der Waals surface area (Å²) in [6.07, 6.45) is 0. The second-order valence-electron chi connectivity index (χ2n) is 12.2. The number of benzene rings is 6. The molecule has 0 bridgehead atoms. The molecule has 0 fully saturated rings. The summed E-state index contributed by atoms with van der Waals surface area (Å²) in [7, 11) is -4.29. The van der Waals surface area contributed by atoms with Crippen molar-refractivity contribution in [3.63, 3.8) is 0 Å². The van der Waals surface area contributed by atoms with Crippen LogP contribution >= 0.6 is 12.0 Å². The molecule has 15 heteroatoms. The van der Waals surface area contributed by atoms with Crippen LogP contribution in [0.25, 0.3) is 10.8 Å². The lowest BCUT2D eigenvalue weighted by atomic mass is 10.0. The van der Waals surface area contributed by atoms with Crippen LogP contribution in [0.2, 0.25) is 0 Å². The lowest BCUT2D eigenvalue weighted by Gasteiger charge is -2.23. The third-order valence-corrected chi connectivity index (χ3v) is 9.91. The number of nitrogens with one attached hydrogen (secondary N) is 1. The van der Waals surface area contributed by atoms with Gasteiger partial charge in [-0.25, -0.2) is 5.26 Å². The van der Waals surface area contributed by atoms with Gasteiger partial charge in [-0.15, -0.1) is 9.45 Å². The predicted molar refractivity (Wildman–Crippen MR) is 210 cm³/mol. The number of aromatic hydroxyl groups is 1. The fraction of sp³-hybridized carbons (Fsp3) is 0.128. The van der Waals surface area contributed by atoms with Crippen molar-refractivity contribution in [2.24, 2.45) is 20.5 Å². The van der Waals surface area contributed by atoms with Crippen LogP contribution in [0.5, 0.6) is 5.75 Å². The molecule has 0 heterocycles. The summed E-state index contributed by atoms with van der Waals surface area (Å²) in [4.78, 5) is 2.43. The summed E-state index contributed by atoms with van der Waals surface area (Å²) in [6, 6.07) is 33.8. The molecule has 6 rings (SSSR count). The highest BCUT2D eigenvalue weighted by molar-refractivity contribution is 7.94. The van der Waals surface area contributed by atoms with Gasteiger partial charge >= 0.3 is 0 Å². The molecule has 4 N–H and O–H groups in total. The molecule has 54 heavy (non-hydrogen) atoms. The molecule has 13 nitrogen and oxygen atoms in total. The van der Waals surface area contributed by atoms with E-state index in [4.69, 9.17) is 5.26 Å². The Morgan fingerprint density at radius 2 is 1.39 bits per heavy atom. The van der Waals surface area contributed by atoms with Gasteiger partial charge in [-0.05, 0) is 122 Å².